The summed E-state index contributed by atoms with van der Waals surface area (Å²) in [6, 6.07) is 8.09. The highest BCUT2D eigenvalue weighted by atomic mass is 32.1. The van der Waals surface area contributed by atoms with Gasteiger partial charge in [0.2, 0.25) is 5.91 Å². The molecule has 1 aliphatic heterocycles. The second-order valence-corrected chi connectivity index (χ2v) is 6.87. The van der Waals surface area contributed by atoms with Crippen LogP contribution in [0.2, 0.25) is 0 Å². The Labute approximate surface area is 144 Å². The summed E-state index contributed by atoms with van der Waals surface area (Å²) in [5.41, 5.74) is 2.09. The number of hydrogen-bond donors (Lipinski definition) is 1. The Bertz CT molecular complexity index is 827. The quantitative estimate of drug-likeness (QED) is 0.744. The largest absolute Gasteiger partial charge is 0.342 e. The molecule has 2 aromatic heterocycles. The van der Waals surface area contributed by atoms with Crippen molar-refractivity contribution in [3.8, 4) is 0 Å². The van der Waals surface area contributed by atoms with Crippen LogP contribution in [0, 0.1) is 0 Å². The third-order valence-corrected chi connectivity index (χ3v) is 5.16. The number of para-hydroxylation sites is 2. The van der Waals surface area contributed by atoms with Crippen molar-refractivity contribution in [1.82, 2.24) is 19.9 Å². The van der Waals surface area contributed by atoms with E-state index in [4.69, 9.17) is 4.98 Å². The Balaban J connectivity index is 1.38. The maximum Gasteiger partial charge on any atom is 0.246 e. The first-order valence-corrected chi connectivity index (χ1v) is 8.99. The normalized spacial score (nSPS) is 16.2. The van der Waals surface area contributed by atoms with Crippen molar-refractivity contribution in [1.29, 1.82) is 0 Å². The molecule has 122 valence electrons. The molecule has 6 heteroatoms. The van der Waals surface area contributed by atoms with E-state index in [-0.39, 0.29) is 5.91 Å². The minimum absolute atomic E-state index is 0.0632. The van der Waals surface area contributed by atoms with Crippen LogP contribution in [0.1, 0.15) is 29.6 Å². The topological polar surface area (TPSA) is 61.9 Å². The Kier molecular flexibility index (Phi) is 4.13. The number of thiazole rings is 1. The van der Waals surface area contributed by atoms with Gasteiger partial charge >= 0.3 is 0 Å². The van der Waals surface area contributed by atoms with Crippen LogP contribution in [0.4, 0.5) is 0 Å². The molecule has 1 N–H and O–H groups in total. The Hall–Kier alpha value is -2.47. The summed E-state index contributed by atoms with van der Waals surface area (Å²) in [4.78, 5) is 26.4. The monoisotopic (exact) mass is 338 g/mol. The number of hydrogen-bond acceptors (Lipinski definition) is 4. The van der Waals surface area contributed by atoms with Gasteiger partial charge in [0.25, 0.3) is 0 Å². The summed E-state index contributed by atoms with van der Waals surface area (Å²) in [5, 5.41) is 2.77. The van der Waals surface area contributed by atoms with Gasteiger partial charge in [0.15, 0.2) is 0 Å². The van der Waals surface area contributed by atoms with Gasteiger partial charge in [0.1, 0.15) is 10.8 Å². The molecule has 0 aliphatic carbocycles. The molecular weight excluding hydrogens is 320 g/mol. The van der Waals surface area contributed by atoms with E-state index >= 15 is 0 Å². The molecule has 1 aliphatic rings. The van der Waals surface area contributed by atoms with E-state index in [2.05, 4.69) is 9.97 Å². The molecule has 1 amide bonds. The number of H-pyrrole nitrogens is 1. The van der Waals surface area contributed by atoms with Crippen molar-refractivity contribution in [3.63, 3.8) is 0 Å². The molecule has 0 radical (unpaired) electrons. The van der Waals surface area contributed by atoms with Gasteiger partial charge in [-0.25, -0.2) is 9.97 Å². The molecule has 0 saturated carbocycles. The van der Waals surface area contributed by atoms with Gasteiger partial charge in [-0.2, -0.15) is 0 Å². The molecule has 0 spiro atoms. The highest BCUT2D eigenvalue weighted by Crippen LogP contribution is 2.27. The first-order chi connectivity index (χ1) is 11.8. The number of imidazole rings is 1. The van der Waals surface area contributed by atoms with Gasteiger partial charge in [-0.15, -0.1) is 11.3 Å². The molecule has 1 fully saturated rings. The Morgan fingerprint density at radius 1 is 1.29 bits per heavy atom. The summed E-state index contributed by atoms with van der Waals surface area (Å²) in [6.07, 6.45) is 7.04. The van der Waals surface area contributed by atoms with Crippen molar-refractivity contribution in [3.05, 3.63) is 52.8 Å². The van der Waals surface area contributed by atoms with Crippen LogP contribution in [0.3, 0.4) is 0 Å². The molecule has 3 aromatic rings. The molecule has 0 bridgehead atoms. The minimum atomic E-state index is 0.0632. The van der Waals surface area contributed by atoms with Gasteiger partial charge in [0.05, 0.1) is 11.0 Å². The number of carbonyl (C=O) groups excluding carboxylic acids is 1. The van der Waals surface area contributed by atoms with Crippen molar-refractivity contribution < 1.29 is 4.79 Å². The zero-order valence-corrected chi connectivity index (χ0v) is 14.0. The maximum absolute atomic E-state index is 12.3. The smallest absolute Gasteiger partial charge is 0.246 e. The highest BCUT2D eigenvalue weighted by molar-refractivity contribution is 7.10. The number of rotatable bonds is 3. The summed E-state index contributed by atoms with van der Waals surface area (Å²) in [7, 11) is 0. The van der Waals surface area contributed by atoms with Gasteiger partial charge in [-0.3, -0.25) is 4.79 Å². The van der Waals surface area contributed by atoms with Crippen LogP contribution in [-0.4, -0.2) is 38.8 Å². The molecular formula is C18H18N4OS. The highest BCUT2D eigenvalue weighted by Gasteiger charge is 2.24. The predicted octanol–water partition coefficient (Wildman–Crippen LogP) is 3.44. The molecule has 1 saturated heterocycles. The summed E-state index contributed by atoms with van der Waals surface area (Å²) in [6.45, 7) is 1.53. The van der Waals surface area contributed by atoms with E-state index in [9.17, 15) is 4.79 Å². The number of nitrogens with zero attached hydrogens (tertiary/aromatic N) is 3. The zero-order chi connectivity index (χ0) is 16.4. The zero-order valence-electron chi connectivity index (χ0n) is 13.2. The van der Waals surface area contributed by atoms with E-state index in [0.717, 1.165) is 47.8 Å². The molecule has 0 atom stereocenters. The molecule has 0 unspecified atom stereocenters. The number of piperidine rings is 1. The number of aromatic nitrogens is 3. The molecule has 5 nitrogen and oxygen atoms in total. The van der Waals surface area contributed by atoms with Crippen molar-refractivity contribution >= 4 is 34.4 Å². The number of fused-ring (bicyclic) bond motifs is 1. The van der Waals surface area contributed by atoms with Crippen LogP contribution < -0.4 is 0 Å². The maximum atomic E-state index is 12.3. The first kappa shape index (κ1) is 15.1. The van der Waals surface area contributed by atoms with Crippen LogP contribution in [0.5, 0.6) is 0 Å². The lowest BCUT2D eigenvalue weighted by molar-refractivity contribution is -0.127. The van der Waals surface area contributed by atoms with Crippen LogP contribution in [0.15, 0.2) is 41.9 Å². The third kappa shape index (κ3) is 3.10. The van der Waals surface area contributed by atoms with Gasteiger partial charge in [-0.1, -0.05) is 12.1 Å². The number of carbonyl (C=O) groups is 1. The standard InChI is InChI=1S/C18H18N4OS/c23-17(6-5-16-19-9-12-24-16)22-10-7-13(8-11-22)18-20-14-3-1-2-4-15(14)21-18/h1-6,9,12-13H,7-8,10-11H2,(H,20,21)/b6-5+. The molecule has 3 heterocycles. The number of aromatic amines is 1. The number of amides is 1. The van der Waals surface area contributed by atoms with Gasteiger partial charge in [-0.05, 0) is 31.1 Å². The Morgan fingerprint density at radius 3 is 2.88 bits per heavy atom. The van der Waals surface area contributed by atoms with E-state index in [1.54, 1.807) is 18.3 Å². The van der Waals surface area contributed by atoms with Crippen molar-refractivity contribution in [2.75, 3.05) is 13.1 Å². The Morgan fingerprint density at radius 2 is 2.12 bits per heavy atom. The fourth-order valence-corrected chi connectivity index (χ4v) is 3.63. The minimum Gasteiger partial charge on any atom is -0.342 e. The van der Waals surface area contributed by atoms with E-state index in [1.807, 2.05) is 34.5 Å². The summed E-state index contributed by atoms with van der Waals surface area (Å²) >= 11 is 1.53. The third-order valence-electron chi connectivity index (χ3n) is 4.42. The number of likely N-dealkylation sites (tertiary alicyclic amines) is 1. The van der Waals surface area contributed by atoms with Crippen molar-refractivity contribution in [2.45, 2.75) is 18.8 Å². The summed E-state index contributed by atoms with van der Waals surface area (Å²) < 4.78 is 0. The molecule has 24 heavy (non-hydrogen) atoms. The van der Waals surface area contributed by atoms with E-state index in [0.29, 0.717) is 5.92 Å². The lowest BCUT2D eigenvalue weighted by atomic mass is 9.96. The SMILES string of the molecule is O=C(/C=C/c1nccs1)N1CCC(c2nc3ccccc3[nH]2)CC1. The average molecular weight is 338 g/mol. The lowest BCUT2D eigenvalue weighted by Crippen LogP contribution is -2.37. The van der Waals surface area contributed by atoms with Crippen LogP contribution >= 0.6 is 11.3 Å². The molecule has 1 aromatic carbocycles. The second-order valence-electron chi connectivity index (χ2n) is 5.94. The fourth-order valence-electron chi connectivity index (χ4n) is 3.10. The van der Waals surface area contributed by atoms with E-state index < -0.39 is 0 Å². The molecule has 4 rings (SSSR count). The van der Waals surface area contributed by atoms with Gasteiger partial charge in [0, 0.05) is 36.7 Å². The van der Waals surface area contributed by atoms with Gasteiger partial charge < -0.3 is 9.88 Å². The first-order valence-electron chi connectivity index (χ1n) is 8.11. The van der Waals surface area contributed by atoms with Crippen LogP contribution in [-0.2, 0) is 4.79 Å². The summed E-state index contributed by atoms with van der Waals surface area (Å²) in [5.74, 6) is 1.50. The number of benzene rings is 1. The van der Waals surface area contributed by atoms with Crippen LogP contribution in [0.25, 0.3) is 17.1 Å². The average Bonchev–Trinajstić information content (AvgIpc) is 3.29. The predicted molar refractivity (Wildman–Crippen MR) is 95.8 cm³/mol. The number of nitrogens with one attached hydrogen (secondary N) is 1. The van der Waals surface area contributed by atoms with Crippen molar-refractivity contribution in [2.24, 2.45) is 0 Å². The fraction of sp³-hybridized carbons (Fsp3) is 0.278. The lowest BCUT2D eigenvalue weighted by Gasteiger charge is -2.30. The van der Waals surface area contributed by atoms with E-state index in [1.165, 1.54) is 11.3 Å². The second kappa shape index (κ2) is 6.57.